The van der Waals surface area contributed by atoms with E-state index in [0.717, 1.165) is 11.5 Å². The Morgan fingerprint density at radius 3 is 2.38 bits per heavy atom. The van der Waals surface area contributed by atoms with Gasteiger partial charge >= 0.3 is 0 Å². The summed E-state index contributed by atoms with van der Waals surface area (Å²) in [5, 5.41) is 2.95. The third-order valence-corrected chi connectivity index (χ3v) is 4.76. The molecule has 3 aromatic rings. The van der Waals surface area contributed by atoms with Crippen molar-refractivity contribution in [3.8, 4) is 11.5 Å². The maximum absolute atomic E-state index is 12.3. The fraction of sp³-hybridized carbons (Fsp3) is 0.136. The molecular weight excluding hydrogens is 342 g/mol. The minimum absolute atomic E-state index is 0.0197. The molecule has 26 heavy (non-hydrogen) atoms. The predicted octanol–water partition coefficient (Wildman–Crippen LogP) is 5.91. The fourth-order valence-electron chi connectivity index (χ4n) is 2.38. The minimum atomic E-state index is -0.0197. The van der Waals surface area contributed by atoms with Crippen LogP contribution in [0.2, 0.25) is 0 Å². The summed E-state index contributed by atoms with van der Waals surface area (Å²) in [6.45, 7) is 2.07. The minimum Gasteiger partial charge on any atom is -0.455 e. The van der Waals surface area contributed by atoms with Gasteiger partial charge in [0.15, 0.2) is 5.75 Å². The zero-order valence-electron chi connectivity index (χ0n) is 14.6. The van der Waals surface area contributed by atoms with Gasteiger partial charge < -0.3 is 10.1 Å². The lowest BCUT2D eigenvalue weighted by molar-refractivity contribution is -0.115. The van der Waals surface area contributed by atoms with Crippen molar-refractivity contribution < 1.29 is 9.53 Å². The Morgan fingerprint density at radius 2 is 1.62 bits per heavy atom. The van der Waals surface area contributed by atoms with Crippen molar-refractivity contribution >= 4 is 23.4 Å². The zero-order chi connectivity index (χ0) is 18.2. The van der Waals surface area contributed by atoms with E-state index in [0.29, 0.717) is 17.9 Å². The molecule has 3 rings (SSSR count). The quantitative estimate of drug-likeness (QED) is 0.530. The number of ether oxygens (including phenoxy) is 1. The lowest BCUT2D eigenvalue weighted by atomic mass is 10.2. The summed E-state index contributed by atoms with van der Waals surface area (Å²) in [6, 6.07) is 25.3. The molecular formula is C22H21NO2S. The smallest absolute Gasteiger partial charge is 0.225 e. The highest BCUT2D eigenvalue weighted by atomic mass is 32.2. The number of rotatable bonds is 7. The van der Waals surface area contributed by atoms with Crippen LogP contribution in [-0.4, -0.2) is 11.7 Å². The molecule has 0 unspecified atom stereocenters. The van der Waals surface area contributed by atoms with Gasteiger partial charge in [-0.1, -0.05) is 48.0 Å². The lowest BCUT2D eigenvalue weighted by Gasteiger charge is -2.12. The first-order valence-electron chi connectivity index (χ1n) is 8.52. The molecule has 0 aliphatic rings. The van der Waals surface area contributed by atoms with Crippen LogP contribution in [0.5, 0.6) is 11.5 Å². The summed E-state index contributed by atoms with van der Waals surface area (Å²) in [4.78, 5) is 13.5. The number of hydrogen-bond donors (Lipinski definition) is 1. The van der Waals surface area contributed by atoms with Crippen molar-refractivity contribution in [3.05, 3.63) is 84.4 Å². The van der Waals surface area contributed by atoms with Crippen LogP contribution in [-0.2, 0) is 4.79 Å². The molecule has 3 nitrogen and oxygen atoms in total. The highest BCUT2D eigenvalue weighted by Gasteiger charge is 2.08. The summed E-state index contributed by atoms with van der Waals surface area (Å²) in [5.74, 6) is 2.09. The fourth-order valence-corrected chi connectivity index (χ4v) is 3.23. The van der Waals surface area contributed by atoms with E-state index in [1.165, 1.54) is 10.5 Å². The van der Waals surface area contributed by atoms with Gasteiger partial charge in [0.05, 0.1) is 5.69 Å². The van der Waals surface area contributed by atoms with Crippen molar-refractivity contribution in [1.82, 2.24) is 0 Å². The van der Waals surface area contributed by atoms with E-state index in [9.17, 15) is 4.79 Å². The number of thioether (sulfide) groups is 1. The van der Waals surface area contributed by atoms with E-state index in [1.807, 2.05) is 54.6 Å². The van der Waals surface area contributed by atoms with Gasteiger partial charge in [-0.3, -0.25) is 4.79 Å². The third kappa shape index (κ3) is 5.39. The third-order valence-electron chi connectivity index (χ3n) is 3.75. The monoisotopic (exact) mass is 363 g/mol. The number of carbonyl (C=O) groups excluding carboxylic acids is 1. The molecule has 0 saturated heterocycles. The Bertz CT molecular complexity index is 848. The molecule has 4 heteroatoms. The average Bonchev–Trinajstić information content (AvgIpc) is 2.66. The number of benzene rings is 3. The predicted molar refractivity (Wildman–Crippen MR) is 108 cm³/mol. The van der Waals surface area contributed by atoms with Gasteiger partial charge in [0, 0.05) is 17.1 Å². The van der Waals surface area contributed by atoms with Crippen molar-refractivity contribution in [1.29, 1.82) is 0 Å². The molecule has 0 aromatic heterocycles. The van der Waals surface area contributed by atoms with Crippen molar-refractivity contribution in [2.45, 2.75) is 18.2 Å². The average molecular weight is 363 g/mol. The Morgan fingerprint density at radius 1 is 0.923 bits per heavy atom. The summed E-state index contributed by atoms with van der Waals surface area (Å²) in [7, 11) is 0. The Hall–Kier alpha value is -2.72. The van der Waals surface area contributed by atoms with Crippen molar-refractivity contribution in [2.24, 2.45) is 0 Å². The van der Waals surface area contributed by atoms with E-state index in [2.05, 4.69) is 36.5 Å². The van der Waals surface area contributed by atoms with E-state index in [1.54, 1.807) is 11.8 Å². The van der Waals surface area contributed by atoms with Crippen LogP contribution in [0.25, 0.3) is 0 Å². The molecule has 1 amide bonds. The standard InChI is InChI=1S/C22H21NO2S/c1-17-11-13-19(14-12-17)26-16-15-22(24)23-20-9-5-6-10-21(20)25-18-7-3-2-4-8-18/h2-14H,15-16H2,1H3,(H,23,24). The first kappa shape index (κ1) is 18.1. The molecule has 0 fully saturated rings. The number of carbonyl (C=O) groups is 1. The topological polar surface area (TPSA) is 38.3 Å². The van der Waals surface area contributed by atoms with E-state index < -0.39 is 0 Å². The SMILES string of the molecule is Cc1ccc(SCCC(=O)Nc2ccccc2Oc2ccccc2)cc1. The van der Waals surface area contributed by atoms with E-state index >= 15 is 0 Å². The van der Waals surface area contributed by atoms with Crippen molar-refractivity contribution in [3.63, 3.8) is 0 Å². The molecule has 0 aliphatic heterocycles. The second kappa shape index (κ2) is 9.11. The van der Waals surface area contributed by atoms with E-state index in [-0.39, 0.29) is 5.91 Å². The van der Waals surface area contributed by atoms with Crippen LogP contribution in [0, 0.1) is 6.92 Å². The van der Waals surface area contributed by atoms with Gasteiger partial charge in [-0.15, -0.1) is 11.8 Å². The first-order valence-corrected chi connectivity index (χ1v) is 9.50. The number of amides is 1. The molecule has 0 radical (unpaired) electrons. The molecule has 3 aromatic carbocycles. The van der Waals surface area contributed by atoms with Gasteiger partial charge in [-0.05, 0) is 43.3 Å². The van der Waals surface area contributed by atoms with Crippen LogP contribution >= 0.6 is 11.8 Å². The first-order chi connectivity index (χ1) is 12.7. The highest BCUT2D eigenvalue weighted by molar-refractivity contribution is 7.99. The van der Waals surface area contributed by atoms with Gasteiger partial charge in [-0.25, -0.2) is 0 Å². The van der Waals surface area contributed by atoms with Crippen molar-refractivity contribution in [2.75, 3.05) is 11.1 Å². The maximum atomic E-state index is 12.3. The van der Waals surface area contributed by atoms with E-state index in [4.69, 9.17) is 4.74 Å². The summed E-state index contributed by atoms with van der Waals surface area (Å²) < 4.78 is 5.88. The van der Waals surface area contributed by atoms with Crippen LogP contribution in [0.15, 0.2) is 83.8 Å². The molecule has 0 aliphatic carbocycles. The Balaban J connectivity index is 1.55. The van der Waals surface area contributed by atoms with Crippen LogP contribution in [0.4, 0.5) is 5.69 Å². The molecule has 0 heterocycles. The number of para-hydroxylation sites is 3. The molecule has 132 valence electrons. The van der Waals surface area contributed by atoms with Gasteiger partial charge in [0.2, 0.25) is 5.91 Å². The van der Waals surface area contributed by atoms with Crippen LogP contribution < -0.4 is 10.1 Å². The van der Waals surface area contributed by atoms with Crippen LogP contribution in [0.1, 0.15) is 12.0 Å². The second-order valence-corrected chi connectivity index (χ2v) is 7.04. The molecule has 1 N–H and O–H groups in total. The van der Waals surface area contributed by atoms with Crippen LogP contribution in [0.3, 0.4) is 0 Å². The van der Waals surface area contributed by atoms with Gasteiger partial charge in [0.1, 0.15) is 5.75 Å². The summed E-state index contributed by atoms with van der Waals surface area (Å²) in [5.41, 5.74) is 1.92. The largest absolute Gasteiger partial charge is 0.455 e. The maximum Gasteiger partial charge on any atom is 0.225 e. The summed E-state index contributed by atoms with van der Waals surface area (Å²) in [6.07, 6.45) is 0.443. The Kier molecular flexibility index (Phi) is 6.34. The second-order valence-electron chi connectivity index (χ2n) is 5.87. The molecule has 0 spiro atoms. The Labute approximate surface area is 158 Å². The molecule has 0 atom stereocenters. The number of nitrogens with one attached hydrogen (secondary N) is 1. The lowest BCUT2D eigenvalue weighted by Crippen LogP contribution is -2.12. The highest BCUT2D eigenvalue weighted by Crippen LogP contribution is 2.29. The molecule has 0 saturated carbocycles. The summed E-state index contributed by atoms with van der Waals surface area (Å²) >= 11 is 1.68. The number of anilines is 1. The zero-order valence-corrected chi connectivity index (χ0v) is 15.5. The van der Waals surface area contributed by atoms with Gasteiger partial charge in [0.25, 0.3) is 0 Å². The number of hydrogen-bond acceptors (Lipinski definition) is 3. The normalized spacial score (nSPS) is 10.3. The molecule has 0 bridgehead atoms. The number of aryl methyl sites for hydroxylation is 1. The van der Waals surface area contributed by atoms with Gasteiger partial charge in [-0.2, -0.15) is 0 Å².